The van der Waals surface area contributed by atoms with Crippen molar-refractivity contribution in [2.45, 2.75) is 74.8 Å². The fourth-order valence-corrected chi connectivity index (χ4v) is 6.16. The van der Waals surface area contributed by atoms with Crippen LogP contribution in [-0.2, 0) is 9.84 Å². The van der Waals surface area contributed by atoms with Crippen LogP contribution in [0.4, 0.5) is 0 Å². The van der Waals surface area contributed by atoms with E-state index in [0.717, 1.165) is 44.9 Å². The summed E-state index contributed by atoms with van der Waals surface area (Å²) in [4.78, 5) is 0. The highest BCUT2D eigenvalue weighted by molar-refractivity contribution is 7.92. The topological polar surface area (TPSA) is 60.2 Å². The normalized spacial score (nSPS) is 40.1. The van der Waals surface area contributed by atoms with Gasteiger partial charge in [-0.2, -0.15) is 0 Å². The highest BCUT2D eigenvalue weighted by Crippen LogP contribution is 2.34. The second-order valence-corrected chi connectivity index (χ2v) is 8.42. The Kier molecular flexibility index (Phi) is 4.14. The molecule has 0 aromatic heterocycles. The van der Waals surface area contributed by atoms with Crippen LogP contribution in [0, 0.1) is 5.92 Å². The first kappa shape index (κ1) is 13.3. The molecule has 2 aliphatic rings. The van der Waals surface area contributed by atoms with E-state index < -0.39 is 9.84 Å². The average Bonchev–Trinajstić information content (AvgIpc) is 2.29. The maximum Gasteiger partial charge on any atom is 0.157 e. The number of sulfone groups is 1. The SMILES string of the molecule is CC1CCCC(S(=O)(=O)C2CCCCC2N)C1. The highest BCUT2D eigenvalue weighted by atomic mass is 32.2. The lowest BCUT2D eigenvalue weighted by atomic mass is 9.90. The molecule has 0 amide bonds. The summed E-state index contributed by atoms with van der Waals surface area (Å²) < 4.78 is 25.2. The molecule has 2 fully saturated rings. The Hall–Kier alpha value is -0.0900. The summed E-state index contributed by atoms with van der Waals surface area (Å²) >= 11 is 0. The molecule has 0 aliphatic heterocycles. The van der Waals surface area contributed by atoms with E-state index in [1.54, 1.807) is 0 Å². The highest BCUT2D eigenvalue weighted by Gasteiger charge is 2.40. The van der Waals surface area contributed by atoms with E-state index in [9.17, 15) is 8.42 Å². The third-order valence-electron chi connectivity index (χ3n) is 4.53. The zero-order valence-electron chi connectivity index (χ0n) is 10.8. The minimum absolute atomic E-state index is 0.111. The van der Waals surface area contributed by atoms with E-state index >= 15 is 0 Å². The zero-order valence-corrected chi connectivity index (χ0v) is 11.6. The van der Waals surface area contributed by atoms with Crippen LogP contribution in [0.3, 0.4) is 0 Å². The summed E-state index contributed by atoms with van der Waals surface area (Å²) in [5.74, 6) is 0.559. The van der Waals surface area contributed by atoms with Crippen molar-refractivity contribution < 1.29 is 8.42 Å². The Labute approximate surface area is 105 Å². The van der Waals surface area contributed by atoms with Crippen LogP contribution in [0.15, 0.2) is 0 Å². The van der Waals surface area contributed by atoms with E-state index in [0.29, 0.717) is 5.92 Å². The maximum atomic E-state index is 12.6. The molecule has 0 heterocycles. The summed E-state index contributed by atoms with van der Waals surface area (Å²) in [5, 5.41) is -0.369. The van der Waals surface area contributed by atoms with Crippen LogP contribution in [0.5, 0.6) is 0 Å². The second-order valence-electron chi connectivity index (χ2n) is 5.97. The lowest BCUT2D eigenvalue weighted by molar-refractivity contribution is 0.370. The fraction of sp³-hybridized carbons (Fsp3) is 1.00. The van der Waals surface area contributed by atoms with Crippen molar-refractivity contribution in [3.05, 3.63) is 0 Å². The molecule has 2 rings (SSSR count). The summed E-state index contributed by atoms with van der Waals surface area (Å²) in [6.07, 6.45) is 7.74. The molecule has 2 aliphatic carbocycles. The molecule has 100 valence electrons. The van der Waals surface area contributed by atoms with Gasteiger partial charge in [-0.15, -0.1) is 0 Å². The molecule has 4 unspecified atom stereocenters. The molecule has 0 bridgehead atoms. The molecule has 0 saturated heterocycles. The quantitative estimate of drug-likeness (QED) is 0.827. The summed E-state index contributed by atoms with van der Waals surface area (Å²) in [6.45, 7) is 2.17. The van der Waals surface area contributed by atoms with Crippen molar-refractivity contribution >= 4 is 9.84 Å². The van der Waals surface area contributed by atoms with Crippen molar-refractivity contribution in [1.29, 1.82) is 0 Å². The fourth-order valence-electron chi connectivity index (χ4n) is 3.46. The summed E-state index contributed by atoms with van der Waals surface area (Å²) in [6, 6.07) is -0.119. The van der Waals surface area contributed by atoms with Crippen molar-refractivity contribution in [2.24, 2.45) is 11.7 Å². The van der Waals surface area contributed by atoms with Crippen LogP contribution in [0.1, 0.15) is 58.3 Å². The molecule has 2 saturated carbocycles. The van der Waals surface area contributed by atoms with Gasteiger partial charge in [0.1, 0.15) is 0 Å². The monoisotopic (exact) mass is 259 g/mol. The third kappa shape index (κ3) is 2.84. The maximum absolute atomic E-state index is 12.6. The minimum atomic E-state index is -2.99. The summed E-state index contributed by atoms with van der Waals surface area (Å²) in [5.41, 5.74) is 6.03. The molecule has 2 N–H and O–H groups in total. The van der Waals surface area contributed by atoms with E-state index in [4.69, 9.17) is 5.73 Å². The molecule has 0 spiro atoms. The van der Waals surface area contributed by atoms with Gasteiger partial charge in [0.05, 0.1) is 10.5 Å². The molecule has 17 heavy (non-hydrogen) atoms. The first-order valence-corrected chi connectivity index (χ1v) is 8.61. The van der Waals surface area contributed by atoms with Gasteiger partial charge in [0, 0.05) is 6.04 Å². The molecule has 3 nitrogen and oxygen atoms in total. The van der Waals surface area contributed by atoms with Gasteiger partial charge in [0.25, 0.3) is 0 Å². The largest absolute Gasteiger partial charge is 0.327 e. The van der Waals surface area contributed by atoms with Gasteiger partial charge in [0.2, 0.25) is 0 Å². The van der Waals surface area contributed by atoms with Gasteiger partial charge in [-0.05, 0) is 31.6 Å². The lowest BCUT2D eigenvalue weighted by Gasteiger charge is -2.34. The number of rotatable bonds is 2. The van der Waals surface area contributed by atoms with E-state index in [1.807, 2.05) is 0 Å². The van der Waals surface area contributed by atoms with Crippen molar-refractivity contribution in [3.63, 3.8) is 0 Å². The van der Waals surface area contributed by atoms with E-state index in [2.05, 4.69) is 6.92 Å². The van der Waals surface area contributed by atoms with Crippen LogP contribution in [-0.4, -0.2) is 25.0 Å². The molecular formula is C13H25NO2S. The Morgan fingerprint density at radius 3 is 2.35 bits per heavy atom. The van der Waals surface area contributed by atoms with Crippen LogP contribution in [0.2, 0.25) is 0 Å². The van der Waals surface area contributed by atoms with Crippen LogP contribution >= 0.6 is 0 Å². The molecule has 4 atom stereocenters. The van der Waals surface area contributed by atoms with Gasteiger partial charge in [-0.3, -0.25) is 0 Å². The smallest absolute Gasteiger partial charge is 0.157 e. The molecule has 0 radical (unpaired) electrons. The van der Waals surface area contributed by atoms with Gasteiger partial charge >= 0.3 is 0 Å². The molecule has 0 aromatic rings. The molecule has 4 heteroatoms. The molecular weight excluding hydrogens is 234 g/mol. The minimum Gasteiger partial charge on any atom is -0.327 e. The molecule has 0 aromatic carbocycles. The van der Waals surface area contributed by atoms with Gasteiger partial charge < -0.3 is 5.73 Å². The Balaban J connectivity index is 2.11. The van der Waals surface area contributed by atoms with Crippen molar-refractivity contribution in [3.8, 4) is 0 Å². The predicted molar refractivity (Wildman–Crippen MR) is 70.6 cm³/mol. The van der Waals surface area contributed by atoms with Crippen molar-refractivity contribution in [1.82, 2.24) is 0 Å². The Morgan fingerprint density at radius 1 is 1.00 bits per heavy atom. The predicted octanol–water partition coefficient (Wildman–Crippen LogP) is 2.25. The standard InChI is InChI=1S/C13H25NO2S/c1-10-5-4-6-11(9-10)17(15,16)13-8-3-2-7-12(13)14/h10-13H,2-9,14H2,1H3. The van der Waals surface area contributed by atoms with E-state index in [1.165, 1.54) is 6.42 Å². The number of hydrogen-bond acceptors (Lipinski definition) is 3. The zero-order chi connectivity index (χ0) is 12.5. The number of hydrogen-bond donors (Lipinski definition) is 1. The average molecular weight is 259 g/mol. The van der Waals surface area contributed by atoms with Crippen molar-refractivity contribution in [2.75, 3.05) is 0 Å². The lowest BCUT2D eigenvalue weighted by Crippen LogP contribution is -2.47. The van der Waals surface area contributed by atoms with Gasteiger partial charge in [-0.1, -0.05) is 32.6 Å². The van der Waals surface area contributed by atoms with Gasteiger partial charge in [0.15, 0.2) is 9.84 Å². The first-order chi connectivity index (χ1) is 8.01. The Morgan fingerprint density at radius 2 is 1.71 bits per heavy atom. The van der Waals surface area contributed by atoms with E-state index in [-0.39, 0.29) is 16.5 Å². The Bertz CT molecular complexity index is 352. The van der Waals surface area contributed by atoms with Crippen LogP contribution < -0.4 is 5.73 Å². The van der Waals surface area contributed by atoms with Gasteiger partial charge in [-0.25, -0.2) is 8.42 Å². The third-order valence-corrected chi connectivity index (χ3v) is 7.32. The number of nitrogens with two attached hydrogens (primary N) is 1. The second kappa shape index (κ2) is 5.27. The van der Waals surface area contributed by atoms with Crippen LogP contribution in [0.25, 0.3) is 0 Å². The first-order valence-electron chi connectivity index (χ1n) is 7.00. The summed E-state index contributed by atoms with van der Waals surface area (Å²) in [7, 11) is -2.99.